The van der Waals surface area contributed by atoms with E-state index in [-0.39, 0.29) is 17.9 Å². The maximum absolute atomic E-state index is 13.1. The molecule has 2 aromatic heterocycles. The molecule has 174 valence electrons. The lowest BCUT2D eigenvalue weighted by Crippen LogP contribution is -2.40. The van der Waals surface area contributed by atoms with Gasteiger partial charge in [-0.1, -0.05) is 0 Å². The molecule has 0 fully saturated rings. The van der Waals surface area contributed by atoms with Gasteiger partial charge in [0, 0.05) is 31.9 Å². The van der Waals surface area contributed by atoms with Gasteiger partial charge in [-0.25, -0.2) is 4.79 Å². The number of aromatic nitrogens is 4. The molecular formula is C23H34N6O3. The molecule has 1 aliphatic heterocycles. The number of amides is 2. The van der Waals surface area contributed by atoms with Crippen molar-refractivity contribution < 1.29 is 14.3 Å². The van der Waals surface area contributed by atoms with Gasteiger partial charge in [-0.15, -0.1) is 0 Å². The summed E-state index contributed by atoms with van der Waals surface area (Å²) in [5, 5.41) is 15.1. The summed E-state index contributed by atoms with van der Waals surface area (Å²) in [5.74, 6) is 0.176. The molecule has 2 N–H and O–H groups in total. The molecule has 0 radical (unpaired) electrons. The molecule has 2 aromatic rings. The van der Waals surface area contributed by atoms with E-state index in [0.717, 1.165) is 43.6 Å². The number of nitrogens with zero attached hydrogens (tertiary/aromatic N) is 4. The SMILES string of the molecule is Cc1c2c(nn1C)CCC(NC(=O)c1cnn3c1CC(CNC(=O)OC(C)(C)C)CC3)C2. The maximum atomic E-state index is 13.1. The van der Waals surface area contributed by atoms with E-state index in [1.54, 1.807) is 6.20 Å². The fraction of sp³-hybridized carbons (Fsp3) is 0.652. The van der Waals surface area contributed by atoms with E-state index in [2.05, 4.69) is 27.8 Å². The highest BCUT2D eigenvalue weighted by Gasteiger charge is 2.29. The topological polar surface area (TPSA) is 103 Å². The largest absolute Gasteiger partial charge is 0.444 e. The Hall–Kier alpha value is -2.84. The predicted octanol–water partition coefficient (Wildman–Crippen LogP) is 2.30. The van der Waals surface area contributed by atoms with E-state index in [9.17, 15) is 9.59 Å². The van der Waals surface area contributed by atoms with Crippen LogP contribution in [0.4, 0.5) is 4.79 Å². The molecule has 9 heteroatoms. The van der Waals surface area contributed by atoms with Crippen molar-refractivity contribution in [3.05, 3.63) is 34.4 Å². The minimum atomic E-state index is -0.519. The zero-order valence-electron chi connectivity index (χ0n) is 19.7. The monoisotopic (exact) mass is 442 g/mol. The second-order valence-corrected chi connectivity index (χ2v) is 10.0. The van der Waals surface area contributed by atoms with Crippen LogP contribution in [-0.4, -0.2) is 49.7 Å². The molecule has 4 rings (SSSR count). The Kier molecular flexibility index (Phi) is 6.01. The lowest BCUT2D eigenvalue weighted by atomic mass is 9.91. The van der Waals surface area contributed by atoms with Crippen LogP contribution < -0.4 is 10.6 Å². The van der Waals surface area contributed by atoms with Crippen LogP contribution in [0.25, 0.3) is 0 Å². The number of hydrogen-bond acceptors (Lipinski definition) is 5. The Balaban J connectivity index is 1.36. The summed E-state index contributed by atoms with van der Waals surface area (Å²) in [7, 11) is 1.97. The Bertz CT molecular complexity index is 1020. The highest BCUT2D eigenvalue weighted by Crippen LogP contribution is 2.25. The van der Waals surface area contributed by atoms with Gasteiger partial charge in [0.1, 0.15) is 5.60 Å². The first-order chi connectivity index (χ1) is 15.1. The van der Waals surface area contributed by atoms with Gasteiger partial charge >= 0.3 is 6.09 Å². The number of rotatable bonds is 4. The molecule has 1 aliphatic carbocycles. The molecule has 2 aliphatic rings. The Morgan fingerprint density at radius 2 is 2.03 bits per heavy atom. The second-order valence-electron chi connectivity index (χ2n) is 10.0. The molecule has 2 unspecified atom stereocenters. The van der Waals surface area contributed by atoms with Gasteiger partial charge in [0.05, 0.1) is 23.1 Å². The van der Waals surface area contributed by atoms with Crippen molar-refractivity contribution in [3.63, 3.8) is 0 Å². The lowest BCUT2D eigenvalue weighted by Gasteiger charge is -2.26. The normalized spacial score (nSPS) is 20.3. The number of hydrogen-bond donors (Lipinski definition) is 2. The Morgan fingerprint density at radius 3 is 2.78 bits per heavy atom. The summed E-state index contributed by atoms with van der Waals surface area (Å²) in [6, 6.07) is 0.0988. The van der Waals surface area contributed by atoms with E-state index < -0.39 is 11.7 Å². The number of aryl methyl sites for hydroxylation is 3. The fourth-order valence-electron chi connectivity index (χ4n) is 4.64. The molecule has 0 spiro atoms. The molecule has 2 atom stereocenters. The van der Waals surface area contributed by atoms with E-state index in [0.29, 0.717) is 18.5 Å². The third-order valence-corrected chi connectivity index (χ3v) is 6.41. The van der Waals surface area contributed by atoms with Gasteiger partial charge < -0.3 is 15.4 Å². The average molecular weight is 443 g/mol. The van der Waals surface area contributed by atoms with Gasteiger partial charge in [-0.3, -0.25) is 14.2 Å². The molecular weight excluding hydrogens is 408 g/mol. The van der Waals surface area contributed by atoms with Crippen LogP contribution >= 0.6 is 0 Å². The van der Waals surface area contributed by atoms with Crippen molar-refractivity contribution in [1.82, 2.24) is 30.2 Å². The number of carbonyl (C=O) groups excluding carboxylic acids is 2. The highest BCUT2D eigenvalue weighted by atomic mass is 16.6. The number of ether oxygens (including phenoxy) is 1. The molecule has 0 saturated heterocycles. The van der Waals surface area contributed by atoms with Gasteiger partial charge in [-0.2, -0.15) is 10.2 Å². The quantitative estimate of drug-likeness (QED) is 0.756. The maximum Gasteiger partial charge on any atom is 0.407 e. The second kappa shape index (κ2) is 8.60. The van der Waals surface area contributed by atoms with Crippen molar-refractivity contribution in [3.8, 4) is 0 Å². The van der Waals surface area contributed by atoms with Crippen LogP contribution in [0.1, 0.15) is 66.6 Å². The Labute approximate surface area is 188 Å². The van der Waals surface area contributed by atoms with E-state index >= 15 is 0 Å². The van der Waals surface area contributed by atoms with Gasteiger partial charge in [0.25, 0.3) is 5.91 Å². The summed E-state index contributed by atoms with van der Waals surface area (Å²) >= 11 is 0. The summed E-state index contributed by atoms with van der Waals surface area (Å²) in [6.45, 7) is 8.88. The summed E-state index contributed by atoms with van der Waals surface area (Å²) in [6.07, 6.45) is 5.46. The van der Waals surface area contributed by atoms with Crippen LogP contribution in [0.3, 0.4) is 0 Å². The lowest BCUT2D eigenvalue weighted by molar-refractivity contribution is 0.0516. The first kappa shape index (κ1) is 22.4. The first-order valence-electron chi connectivity index (χ1n) is 11.4. The van der Waals surface area contributed by atoms with Crippen LogP contribution in [0, 0.1) is 12.8 Å². The van der Waals surface area contributed by atoms with E-state index in [1.807, 2.05) is 37.2 Å². The summed E-state index contributed by atoms with van der Waals surface area (Å²) in [4.78, 5) is 25.1. The highest BCUT2D eigenvalue weighted by molar-refractivity contribution is 5.95. The van der Waals surface area contributed by atoms with Gasteiger partial charge in [0.2, 0.25) is 0 Å². The molecule has 9 nitrogen and oxygen atoms in total. The Morgan fingerprint density at radius 1 is 1.25 bits per heavy atom. The van der Waals surface area contributed by atoms with E-state index in [1.165, 1.54) is 11.3 Å². The third-order valence-electron chi connectivity index (χ3n) is 6.41. The molecule has 0 saturated carbocycles. The van der Waals surface area contributed by atoms with Crippen LogP contribution in [0.5, 0.6) is 0 Å². The van der Waals surface area contributed by atoms with Crippen molar-refractivity contribution in [2.24, 2.45) is 13.0 Å². The third kappa shape index (κ3) is 4.81. The fourth-order valence-corrected chi connectivity index (χ4v) is 4.64. The molecule has 0 aromatic carbocycles. The van der Waals surface area contributed by atoms with Gasteiger partial charge in [-0.05, 0) is 71.3 Å². The minimum absolute atomic E-state index is 0.0676. The molecule has 2 amide bonds. The molecule has 32 heavy (non-hydrogen) atoms. The average Bonchev–Trinajstić information content (AvgIpc) is 3.26. The van der Waals surface area contributed by atoms with Crippen molar-refractivity contribution >= 4 is 12.0 Å². The minimum Gasteiger partial charge on any atom is -0.444 e. The number of nitrogens with one attached hydrogen (secondary N) is 2. The zero-order valence-corrected chi connectivity index (χ0v) is 19.7. The zero-order chi connectivity index (χ0) is 23.0. The number of fused-ring (bicyclic) bond motifs is 2. The van der Waals surface area contributed by atoms with Crippen LogP contribution in [0.15, 0.2) is 6.20 Å². The van der Waals surface area contributed by atoms with Crippen molar-refractivity contribution in [2.45, 2.75) is 78.0 Å². The molecule has 3 heterocycles. The smallest absolute Gasteiger partial charge is 0.407 e. The van der Waals surface area contributed by atoms with Crippen molar-refractivity contribution in [2.75, 3.05) is 6.54 Å². The van der Waals surface area contributed by atoms with Crippen LogP contribution in [-0.2, 0) is 37.6 Å². The van der Waals surface area contributed by atoms with Gasteiger partial charge in [0.15, 0.2) is 0 Å². The number of alkyl carbamates (subject to hydrolysis) is 1. The standard InChI is InChI=1S/C23H34N6O3/c1-14-17-11-16(6-7-19(17)27-28(14)5)26-21(30)18-13-25-29-9-8-15(10-20(18)29)12-24-22(31)32-23(2,3)4/h13,15-16H,6-12H2,1-5H3,(H,24,31)(H,26,30). The number of carbonyl (C=O) groups is 2. The summed E-state index contributed by atoms with van der Waals surface area (Å²) < 4.78 is 9.17. The van der Waals surface area contributed by atoms with Crippen molar-refractivity contribution in [1.29, 1.82) is 0 Å². The molecule has 0 bridgehead atoms. The predicted molar refractivity (Wildman–Crippen MR) is 119 cm³/mol. The van der Waals surface area contributed by atoms with Crippen LogP contribution in [0.2, 0.25) is 0 Å². The summed E-state index contributed by atoms with van der Waals surface area (Å²) in [5.41, 5.74) is 4.64. The van der Waals surface area contributed by atoms with E-state index in [4.69, 9.17) is 4.74 Å². The first-order valence-corrected chi connectivity index (χ1v) is 11.4.